The minimum absolute atomic E-state index is 0.0825. The number of nitrogens with one attached hydrogen (secondary N) is 1. The van der Waals surface area contributed by atoms with Crippen LogP contribution in [0.2, 0.25) is 0 Å². The molecule has 4 rings (SSSR count). The third-order valence-electron chi connectivity index (χ3n) is 4.08. The van der Waals surface area contributed by atoms with Crippen LogP contribution in [-0.4, -0.2) is 15.8 Å². The fraction of sp³-hybridized carbons (Fsp3) is 0. The van der Waals surface area contributed by atoms with Crippen molar-refractivity contribution in [1.29, 1.82) is 0 Å². The predicted octanol–water partition coefficient (Wildman–Crippen LogP) is 4.62. The predicted molar refractivity (Wildman–Crippen MR) is 103 cm³/mol. The normalized spacial score (nSPS) is 11.8. The van der Waals surface area contributed by atoms with Gasteiger partial charge < -0.3 is 15.8 Å². The van der Waals surface area contributed by atoms with Crippen molar-refractivity contribution in [2.45, 2.75) is 0 Å². The smallest absolute Gasteiger partial charge is 0.199 e. The summed E-state index contributed by atoms with van der Waals surface area (Å²) in [6.45, 7) is 0. The van der Waals surface area contributed by atoms with E-state index in [1.165, 1.54) is 0 Å². The number of para-hydroxylation sites is 1. The van der Waals surface area contributed by atoms with Gasteiger partial charge in [-0.1, -0.05) is 48.5 Å². The molecule has 1 heterocycles. The van der Waals surface area contributed by atoms with Crippen LogP contribution in [0.4, 0.5) is 11.4 Å². The number of rotatable bonds is 3. The minimum atomic E-state index is 0.0825. The maximum atomic E-state index is 10.6. The summed E-state index contributed by atoms with van der Waals surface area (Å²) in [6, 6.07) is 25.1. The van der Waals surface area contributed by atoms with Crippen LogP contribution in [0.3, 0.4) is 0 Å². The molecule has 25 heavy (non-hydrogen) atoms. The zero-order chi connectivity index (χ0) is 17.2. The molecule has 122 valence electrons. The number of aliphatic imine (C=N–C) groups is 1. The number of nitrogens with two attached hydrogens (primary N) is 1. The first kappa shape index (κ1) is 15.0. The molecule has 0 radical (unpaired) electrons. The summed E-state index contributed by atoms with van der Waals surface area (Å²) in [5, 5.41) is 11.4. The highest BCUT2D eigenvalue weighted by Gasteiger charge is 2.18. The van der Waals surface area contributed by atoms with E-state index in [-0.39, 0.29) is 5.88 Å². The Morgan fingerprint density at radius 2 is 1.56 bits per heavy atom. The van der Waals surface area contributed by atoms with Crippen molar-refractivity contribution in [3.8, 4) is 5.88 Å². The molecule has 4 heteroatoms. The van der Waals surface area contributed by atoms with E-state index in [2.05, 4.69) is 4.98 Å². The SMILES string of the molecule is Nc1ccc2c(C(=Nc3ccccc3)c3ccccc3)c(O)[nH]c2c1. The molecule has 4 N–H and O–H groups in total. The van der Waals surface area contributed by atoms with Gasteiger partial charge in [0.25, 0.3) is 0 Å². The number of nitrogen functional groups attached to an aromatic ring is 1. The molecular weight excluding hydrogens is 310 g/mol. The molecule has 0 amide bonds. The van der Waals surface area contributed by atoms with Crippen molar-refractivity contribution in [2.75, 3.05) is 5.73 Å². The van der Waals surface area contributed by atoms with E-state index in [4.69, 9.17) is 10.7 Å². The van der Waals surface area contributed by atoms with Crippen molar-refractivity contribution in [3.05, 3.63) is 90.0 Å². The summed E-state index contributed by atoms with van der Waals surface area (Å²) < 4.78 is 0. The molecule has 0 saturated heterocycles. The van der Waals surface area contributed by atoms with Gasteiger partial charge in [-0.05, 0) is 30.3 Å². The number of fused-ring (bicyclic) bond motifs is 1. The van der Waals surface area contributed by atoms with Gasteiger partial charge in [0.2, 0.25) is 0 Å². The summed E-state index contributed by atoms with van der Waals surface area (Å²) in [5.41, 5.74) is 10.4. The molecule has 0 atom stereocenters. The van der Waals surface area contributed by atoms with Crippen molar-refractivity contribution in [2.24, 2.45) is 4.99 Å². The molecule has 4 aromatic rings. The third kappa shape index (κ3) is 2.85. The second kappa shape index (κ2) is 6.17. The van der Waals surface area contributed by atoms with Gasteiger partial charge in [0, 0.05) is 16.6 Å². The zero-order valence-corrected chi connectivity index (χ0v) is 13.5. The van der Waals surface area contributed by atoms with Crippen LogP contribution >= 0.6 is 0 Å². The Hall–Kier alpha value is -3.53. The highest BCUT2D eigenvalue weighted by atomic mass is 16.3. The van der Waals surface area contributed by atoms with E-state index in [0.29, 0.717) is 17.0 Å². The van der Waals surface area contributed by atoms with Crippen LogP contribution in [-0.2, 0) is 0 Å². The number of aromatic amines is 1. The Kier molecular flexibility index (Phi) is 3.71. The Morgan fingerprint density at radius 1 is 0.880 bits per heavy atom. The molecule has 0 fully saturated rings. The lowest BCUT2D eigenvalue weighted by atomic mass is 10.0. The summed E-state index contributed by atoms with van der Waals surface area (Å²) >= 11 is 0. The number of benzene rings is 3. The van der Waals surface area contributed by atoms with Gasteiger partial charge in [-0.25, -0.2) is 4.99 Å². The number of hydrogen-bond donors (Lipinski definition) is 3. The molecule has 3 aromatic carbocycles. The first-order chi connectivity index (χ1) is 12.2. The van der Waals surface area contributed by atoms with E-state index in [1.54, 1.807) is 0 Å². The Labute approximate surface area is 145 Å². The lowest BCUT2D eigenvalue weighted by Gasteiger charge is -2.08. The number of aromatic hydroxyl groups is 1. The van der Waals surface area contributed by atoms with Crippen LogP contribution in [0.25, 0.3) is 10.9 Å². The molecule has 0 aliphatic carbocycles. The van der Waals surface area contributed by atoms with Crippen LogP contribution in [0.5, 0.6) is 5.88 Å². The second-order valence-corrected chi connectivity index (χ2v) is 5.82. The molecule has 0 unspecified atom stereocenters. The van der Waals surface area contributed by atoms with Crippen LogP contribution < -0.4 is 5.73 Å². The van der Waals surface area contributed by atoms with E-state index >= 15 is 0 Å². The van der Waals surface area contributed by atoms with Crippen LogP contribution in [0.15, 0.2) is 83.9 Å². The Balaban J connectivity index is 1.99. The van der Waals surface area contributed by atoms with Gasteiger partial charge in [-0.15, -0.1) is 0 Å². The highest BCUT2D eigenvalue weighted by molar-refractivity contribution is 6.22. The first-order valence-corrected chi connectivity index (χ1v) is 8.02. The van der Waals surface area contributed by atoms with Gasteiger partial charge >= 0.3 is 0 Å². The highest BCUT2D eigenvalue weighted by Crippen LogP contribution is 2.32. The molecule has 0 aliphatic rings. The molecule has 1 aromatic heterocycles. The molecule has 0 bridgehead atoms. The Bertz CT molecular complexity index is 1050. The van der Waals surface area contributed by atoms with Crippen LogP contribution in [0.1, 0.15) is 11.1 Å². The number of aromatic nitrogens is 1. The maximum Gasteiger partial charge on any atom is 0.199 e. The Morgan fingerprint density at radius 3 is 2.28 bits per heavy atom. The van der Waals surface area contributed by atoms with Gasteiger partial charge in [0.05, 0.1) is 22.5 Å². The summed E-state index contributed by atoms with van der Waals surface area (Å²) in [6.07, 6.45) is 0. The summed E-state index contributed by atoms with van der Waals surface area (Å²) in [7, 11) is 0. The standard InChI is InChI=1S/C21H17N3O/c22-15-11-12-17-18(13-15)24-21(25)19(17)20(14-7-3-1-4-8-14)23-16-9-5-2-6-10-16/h1-13,24-25H,22H2. The molecule has 4 nitrogen and oxygen atoms in total. The average Bonchev–Trinajstić information content (AvgIpc) is 2.96. The summed E-state index contributed by atoms with van der Waals surface area (Å²) in [4.78, 5) is 7.81. The minimum Gasteiger partial charge on any atom is -0.494 e. The zero-order valence-electron chi connectivity index (χ0n) is 13.5. The van der Waals surface area contributed by atoms with E-state index < -0.39 is 0 Å². The lowest BCUT2D eigenvalue weighted by Crippen LogP contribution is -2.02. The van der Waals surface area contributed by atoms with Gasteiger partial charge in [0.15, 0.2) is 5.88 Å². The van der Waals surface area contributed by atoms with Crippen molar-refractivity contribution in [1.82, 2.24) is 4.98 Å². The number of hydrogen-bond acceptors (Lipinski definition) is 3. The van der Waals surface area contributed by atoms with E-state index in [9.17, 15) is 5.11 Å². The van der Waals surface area contributed by atoms with E-state index in [0.717, 1.165) is 22.2 Å². The quantitative estimate of drug-likeness (QED) is 0.379. The van der Waals surface area contributed by atoms with Crippen molar-refractivity contribution >= 4 is 28.0 Å². The van der Waals surface area contributed by atoms with Crippen molar-refractivity contribution in [3.63, 3.8) is 0 Å². The maximum absolute atomic E-state index is 10.6. The fourth-order valence-corrected chi connectivity index (χ4v) is 2.93. The average molecular weight is 327 g/mol. The topological polar surface area (TPSA) is 74.4 Å². The number of nitrogens with zero attached hydrogens (tertiary/aromatic N) is 1. The third-order valence-corrected chi connectivity index (χ3v) is 4.08. The van der Waals surface area contributed by atoms with E-state index in [1.807, 2.05) is 78.9 Å². The van der Waals surface area contributed by atoms with Gasteiger partial charge in [-0.2, -0.15) is 0 Å². The second-order valence-electron chi connectivity index (χ2n) is 5.82. The van der Waals surface area contributed by atoms with Crippen LogP contribution in [0, 0.1) is 0 Å². The molecule has 0 spiro atoms. The van der Waals surface area contributed by atoms with Crippen molar-refractivity contribution < 1.29 is 5.11 Å². The monoisotopic (exact) mass is 327 g/mol. The first-order valence-electron chi connectivity index (χ1n) is 8.02. The summed E-state index contributed by atoms with van der Waals surface area (Å²) in [5.74, 6) is 0.0825. The molecule has 0 saturated carbocycles. The van der Waals surface area contributed by atoms with Gasteiger partial charge in [-0.3, -0.25) is 0 Å². The number of H-pyrrole nitrogens is 1. The fourth-order valence-electron chi connectivity index (χ4n) is 2.93. The lowest BCUT2D eigenvalue weighted by molar-refractivity contribution is 0.457. The molecule has 0 aliphatic heterocycles. The number of anilines is 1. The largest absolute Gasteiger partial charge is 0.494 e. The molecular formula is C21H17N3O. The van der Waals surface area contributed by atoms with Gasteiger partial charge in [0.1, 0.15) is 0 Å².